The van der Waals surface area contributed by atoms with E-state index in [4.69, 9.17) is 0 Å². The van der Waals surface area contributed by atoms with Crippen molar-refractivity contribution in [1.82, 2.24) is 15.0 Å². The first kappa shape index (κ1) is 28.6. The van der Waals surface area contributed by atoms with E-state index in [9.17, 15) is 13.2 Å². The molecule has 39 heavy (non-hydrogen) atoms. The maximum atomic E-state index is 13.0. The minimum Gasteiger partial charge on any atom is -0.354 e. The minimum absolute atomic E-state index is 0.0738. The average molecular weight is 546 g/mol. The predicted molar refractivity (Wildman–Crippen MR) is 160 cm³/mol. The van der Waals surface area contributed by atoms with Gasteiger partial charge >= 0.3 is 0 Å². The van der Waals surface area contributed by atoms with Gasteiger partial charge in [-0.1, -0.05) is 75.6 Å². The van der Waals surface area contributed by atoms with Gasteiger partial charge in [0.2, 0.25) is 10.0 Å². The number of aromatic nitrogens is 1. The number of unbranched alkanes of at least 4 members (excludes halogenated alkanes) is 3. The van der Waals surface area contributed by atoms with Gasteiger partial charge in [0, 0.05) is 35.2 Å². The Balaban J connectivity index is 1.47. The molecule has 1 aromatic heterocycles. The van der Waals surface area contributed by atoms with Crippen LogP contribution < -0.4 is 10.0 Å². The summed E-state index contributed by atoms with van der Waals surface area (Å²) in [6.45, 7) is 5.21. The van der Waals surface area contributed by atoms with Crippen LogP contribution in [0.1, 0.15) is 67.4 Å². The number of aromatic amines is 1. The molecule has 0 aliphatic rings. The van der Waals surface area contributed by atoms with Crippen LogP contribution in [-0.2, 0) is 22.9 Å². The van der Waals surface area contributed by atoms with Crippen LogP contribution in [0.4, 0.5) is 0 Å². The van der Waals surface area contributed by atoms with Crippen LogP contribution >= 0.6 is 0 Å². The third-order valence-corrected chi connectivity index (χ3v) is 8.51. The fraction of sp³-hybridized carbons (Fsp3) is 0.344. The van der Waals surface area contributed by atoms with Crippen molar-refractivity contribution in [3.05, 3.63) is 89.5 Å². The first-order valence-electron chi connectivity index (χ1n) is 14.0. The summed E-state index contributed by atoms with van der Waals surface area (Å²) in [5.41, 5.74) is 5.70. The number of hydrogen-bond donors (Lipinski definition) is 3. The first-order chi connectivity index (χ1) is 18.9. The van der Waals surface area contributed by atoms with Gasteiger partial charge in [0.1, 0.15) is 0 Å². The lowest BCUT2D eigenvalue weighted by Crippen LogP contribution is -2.26. The number of benzene rings is 3. The summed E-state index contributed by atoms with van der Waals surface area (Å²) in [4.78, 5) is 16.2. The van der Waals surface area contributed by atoms with E-state index >= 15 is 0 Å². The third kappa shape index (κ3) is 7.37. The van der Waals surface area contributed by atoms with Crippen LogP contribution in [0, 0.1) is 0 Å². The van der Waals surface area contributed by atoms with Gasteiger partial charge in [-0.25, -0.2) is 13.1 Å². The average Bonchev–Trinajstić information content (AvgIpc) is 3.32. The number of hydrogen-bond acceptors (Lipinski definition) is 3. The number of aryl methyl sites for hydroxylation is 1. The molecule has 0 unspecified atom stereocenters. The second-order valence-electron chi connectivity index (χ2n) is 9.96. The second-order valence-corrected chi connectivity index (χ2v) is 11.7. The lowest BCUT2D eigenvalue weighted by Gasteiger charge is -2.10. The molecule has 0 saturated heterocycles. The highest BCUT2D eigenvalue weighted by atomic mass is 32.2. The number of nitrogens with one attached hydrogen (secondary N) is 3. The normalized spacial score (nSPS) is 11.6. The standard InChI is InChI=1S/C32H39N3O3S/c1-3-5-7-10-24-13-19-27(20-14-24)39(37,38)34-23-21-29-28-11-8-9-12-30(28)35-31(29)25-15-17-26(18-16-25)32(36)33-22-6-4-2/h8-9,11-20,34-35H,3-7,10,21-23H2,1-2H3,(H,33,36). The zero-order valence-corrected chi connectivity index (χ0v) is 23.7. The molecule has 3 N–H and O–H groups in total. The maximum Gasteiger partial charge on any atom is 0.251 e. The Morgan fingerprint density at radius 3 is 2.23 bits per heavy atom. The maximum absolute atomic E-state index is 13.0. The Morgan fingerprint density at radius 2 is 1.51 bits per heavy atom. The molecule has 6 nitrogen and oxygen atoms in total. The van der Waals surface area contributed by atoms with Crippen LogP contribution in [0.5, 0.6) is 0 Å². The van der Waals surface area contributed by atoms with Gasteiger partial charge in [0.15, 0.2) is 0 Å². The van der Waals surface area contributed by atoms with Crippen molar-refractivity contribution in [2.24, 2.45) is 0 Å². The van der Waals surface area contributed by atoms with Gasteiger partial charge in [0.05, 0.1) is 4.90 Å². The molecular formula is C32H39N3O3S. The van der Waals surface area contributed by atoms with E-state index in [0.717, 1.165) is 65.4 Å². The van der Waals surface area contributed by atoms with Gasteiger partial charge < -0.3 is 10.3 Å². The zero-order chi connectivity index (χ0) is 27.7. The number of para-hydroxylation sites is 1. The van der Waals surface area contributed by atoms with Crippen molar-refractivity contribution in [1.29, 1.82) is 0 Å². The topological polar surface area (TPSA) is 91.1 Å². The predicted octanol–water partition coefficient (Wildman–Crippen LogP) is 6.62. The third-order valence-electron chi connectivity index (χ3n) is 7.04. The van der Waals surface area contributed by atoms with E-state index in [1.165, 1.54) is 6.42 Å². The molecule has 0 radical (unpaired) electrons. The van der Waals surface area contributed by atoms with Gasteiger partial charge in [-0.3, -0.25) is 4.79 Å². The molecule has 4 rings (SSSR count). The molecule has 3 aromatic carbocycles. The van der Waals surface area contributed by atoms with Crippen LogP contribution in [-0.4, -0.2) is 32.4 Å². The summed E-state index contributed by atoms with van der Waals surface area (Å²) in [5, 5.41) is 4.01. The summed E-state index contributed by atoms with van der Waals surface area (Å²) < 4.78 is 28.8. The SMILES string of the molecule is CCCCCc1ccc(S(=O)(=O)NCCc2c(-c3ccc(C(=O)NCCCC)cc3)[nH]c3ccccc23)cc1. The summed E-state index contributed by atoms with van der Waals surface area (Å²) in [7, 11) is -3.62. The van der Waals surface area contributed by atoms with E-state index in [1.54, 1.807) is 12.1 Å². The van der Waals surface area contributed by atoms with Gasteiger partial charge in [-0.15, -0.1) is 0 Å². The number of sulfonamides is 1. The molecule has 0 saturated carbocycles. The number of amides is 1. The lowest BCUT2D eigenvalue weighted by atomic mass is 10.0. The molecule has 0 aliphatic heterocycles. The smallest absolute Gasteiger partial charge is 0.251 e. The van der Waals surface area contributed by atoms with E-state index in [-0.39, 0.29) is 17.3 Å². The summed E-state index contributed by atoms with van der Waals surface area (Å²) in [5.74, 6) is -0.0738. The second kappa shape index (κ2) is 13.6. The van der Waals surface area contributed by atoms with Gasteiger partial charge in [0.25, 0.3) is 5.91 Å². The van der Waals surface area contributed by atoms with Crippen molar-refractivity contribution in [2.75, 3.05) is 13.1 Å². The monoisotopic (exact) mass is 545 g/mol. The van der Waals surface area contributed by atoms with Crippen molar-refractivity contribution < 1.29 is 13.2 Å². The van der Waals surface area contributed by atoms with Crippen molar-refractivity contribution in [2.45, 2.75) is 63.7 Å². The number of carbonyl (C=O) groups is 1. The van der Waals surface area contributed by atoms with Crippen LogP contribution in [0.25, 0.3) is 22.2 Å². The van der Waals surface area contributed by atoms with E-state index in [2.05, 4.69) is 28.9 Å². The lowest BCUT2D eigenvalue weighted by molar-refractivity contribution is 0.0953. The molecule has 7 heteroatoms. The Hall–Kier alpha value is -3.42. The van der Waals surface area contributed by atoms with E-state index < -0.39 is 10.0 Å². The Kier molecular flexibility index (Phi) is 9.96. The minimum atomic E-state index is -3.62. The number of carbonyl (C=O) groups excluding carboxylic acids is 1. The van der Waals surface area contributed by atoms with Crippen LogP contribution in [0.2, 0.25) is 0 Å². The van der Waals surface area contributed by atoms with Crippen molar-refractivity contribution >= 4 is 26.8 Å². The highest BCUT2D eigenvalue weighted by Crippen LogP contribution is 2.31. The fourth-order valence-electron chi connectivity index (χ4n) is 4.78. The highest BCUT2D eigenvalue weighted by Gasteiger charge is 2.17. The molecule has 0 spiro atoms. The molecule has 0 fully saturated rings. The Labute approximate surface area is 232 Å². The Bertz CT molecular complexity index is 1470. The van der Waals surface area contributed by atoms with Crippen molar-refractivity contribution in [3.63, 3.8) is 0 Å². The van der Waals surface area contributed by atoms with Gasteiger partial charge in [-0.05, 0) is 72.7 Å². The molecule has 1 amide bonds. The van der Waals surface area contributed by atoms with Crippen LogP contribution in [0.15, 0.2) is 77.7 Å². The molecule has 4 aromatic rings. The summed E-state index contributed by atoms with van der Waals surface area (Å²) in [6, 6.07) is 22.8. The van der Waals surface area contributed by atoms with E-state index in [0.29, 0.717) is 18.5 Å². The Morgan fingerprint density at radius 1 is 0.795 bits per heavy atom. The molecule has 0 aliphatic carbocycles. The van der Waals surface area contributed by atoms with Crippen LogP contribution in [0.3, 0.4) is 0 Å². The van der Waals surface area contributed by atoms with Crippen molar-refractivity contribution in [3.8, 4) is 11.3 Å². The molecule has 0 atom stereocenters. The number of H-pyrrole nitrogens is 1. The molecule has 1 heterocycles. The molecule has 0 bridgehead atoms. The highest BCUT2D eigenvalue weighted by molar-refractivity contribution is 7.89. The largest absolute Gasteiger partial charge is 0.354 e. The summed E-state index contributed by atoms with van der Waals surface area (Å²) >= 11 is 0. The summed E-state index contributed by atoms with van der Waals surface area (Å²) in [6.07, 6.45) is 6.93. The fourth-order valence-corrected chi connectivity index (χ4v) is 5.82. The molecule has 206 valence electrons. The quantitative estimate of drug-likeness (QED) is 0.156. The molecular weight excluding hydrogens is 506 g/mol. The zero-order valence-electron chi connectivity index (χ0n) is 22.9. The number of rotatable bonds is 14. The first-order valence-corrected chi connectivity index (χ1v) is 15.5. The number of fused-ring (bicyclic) bond motifs is 1. The van der Waals surface area contributed by atoms with E-state index in [1.807, 2.05) is 60.7 Å². The van der Waals surface area contributed by atoms with Gasteiger partial charge in [-0.2, -0.15) is 0 Å².